The number of benzene rings is 5. The molecule has 0 saturated carbocycles. The molecule has 0 N–H and O–H groups in total. The van der Waals surface area contributed by atoms with Crippen molar-refractivity contribution in [3.63, 3.8) is 0 Å². The van der Waals surface area contributed by atoms with Crippen LogP contribution in [0.15, 0.2) is 179 Å². The van der Waals surface area contributed by atoms with E-state index < -0.39 is 10.0 Å². The van der Waals surface area contributed by atoms with Crippen molar-refractivity contribution in [1.29, 1.82) is 0 Å². The van der Waals surface area contributed by atoms with Gasteiger partial charge in [0.2, 0.25) is 0 Å². The third-order valence-corrected chi connectivity index (χ3v) is 15.1. The second-order valence-corrected chi connectivity index (χ2v) is 16.8. The van der Waals surface area contributed by atoms with Crippen LogP contribution in [-0.4, -0.2) is 6.04 Å². The Hall–Kier alpha value is -4.53. The summed E-state index contributed by atoms with van der Waals surface area (Å²) in [6, 6.07) is 50.5. The van der Waals surface area contributed by atoms with Crippen LogP contribution in [-0.2, 0) is 11.2 Å². The van der Waals surface area contributed by atoms with E-state index in [1.54, 1.807) is 4.91 Å². The fourth-order valence-corrected chi connectivity index (χ4v) is 12.3. The lowest BCUT2D eigenvalue weighted by molar-refractivity contribution is 0.290. The highest BCUT2D eigenvalue weighted by Gasteiger charge is 2.52. The number of fused-ring (bicyclic) bond motifs is 3. The van der Waals surface area contributed by atoms with Gasteiger partial charge in [0, 0.05) is 22.5 Å². The van der Waals surface area contributed by atoms with Gasteiger partial charge in [0.15, 0.2) is 0 Å². The van der Waals surface area contributed by atoms with Gasteiger partial charge in [-0.25, -0.2) is 0 Å². The van der Waals surface area contributed by atoms with Gasteiger partial charge < -0.3 is 4.90 Å². The highest BCUT2D eigenvalue weighted by Crippen LogP contribution is 2.72. The van der Waals surface area contributed by atoms with Crippen LogP contribution in [0.2, 0.25) is 0 Å². The minimum Gasteiger partial charge on any atom is -0.333 e. The summed E-state index contributed by atoms with van der Waals surface area (Å²) in [7, 11) is -1.60. The van der Waals surface area contributed by atoms with E-state index in [0.717, 1.165) is 25.0 Å². The van der Waals surface area contributed by atoms with Crippen LogP contribution >= 0.6 is 10.0 Å². The molecule has 0 spiro atoms. The Morgan fingerprint density at radius 3 is 2.11 bits per heavy atom. The summed E-state index contributed by atoms with van der Waals surface area (Å²) in [6.07, 6.45) is 15.3. The highest BCUT2D eigenvalue weighted by molar-refractivity contribution is 8.36. The summed E-state index contributed by atoms with van der Waals surface area (Å²) in [5, 5.41) is 0. The van der Waals surface area contributed by atoms with Crippen molar-refractivity contribution in [2.24, 2.45) is 5.92 Å². The van der Waals surface area contributed by atoms with E-state index in [0.29, 0.717) is 12.0 Å². The van der Waals surface area contributed by atoms with E-state index in [-0.39, 0.29) is 5.41 Å². The Kier molecular flexibility index (Phi) is 7.78. The van der Waals surface area contributed by atoms with Gasteiger partial charge in [0.1, 0.15) is 0 Å². The first-order valence-electron chi connectivity index (χ1n) is 17.1. The Morgan fingerprint density at radius 1 is 0.723 bits per heavy atom. The summed E-state index contributed by atoms with van der Waals surface area (Å²) >= 11 is 0. The number of rotatable bonds is 7. The van der Waals surface area contributed by atoms with E-state index in [4.69, 9.17) is 0 Å². The molecule has 0 saturated heterocycles. The lowest BCUT2D eigenvalue weighted by Crippen LogP contribution is -2.45. The maximum absolute atomic E-state index is 2.65. The molecule has 3 unspecified atom stereocenters. The minimum absolute atomic E-state index is 0.00990. The average Bonchev–Trinajstić information content (AvgIpc) is 3.41. The van der Waals surface area contributed by atoms with Gasteiger partial charge in [-0.2, -0.15) is 10.0 Å². The van der Waals surface area contributed by atoms with Crippen molar-refractivity contribution in [2.45, 2.75) is 60.1 Å². The van der Waals surface area contributed by atoms with Gasteiger partial charge in [-0.3, -0.25) is 0 Å². The smallest absolute Gasteiger partial charge is 0.0619 e. The number of para-hydroxylation sites is 1. The van der Waals surface area contributed by atoms with Gasteiger partial charge in [-0.05, 0) is 105 Å². The summed E-state index contributed by atoms with van der Waals surface area (Å²) in [5.41, 5.74) is 8.07. The van der Waals surface area contributed by atoms with E-state index in [2.05, 4.69) is 183 Å². The van der Waals surface area contributed by atoms with Crippen LogP contribution in [0.5, 0.6) is 0 Å². The third kappa shape index (κ3) is 5.02. The predicted molar refractivity (Wildman–Crippen MR) is 202 cm³/mol. The number of anilines is 2. The van der Waals surface area contributed by atoms with Gasteiger partial charge in [0.05, 0.1) is 6.04 Å². The molecule has 1 heterocycles. The first kappa shape index (κ1) is 29.8. The van der Waals surface area contributed by atoms with E-state index >= 15 is 0 Å². The maximum Gasteiger partial charge on any atom is 0.0619 e. The van der Waals surface area contributed by atoms with Crippen molar-refractivity contribution in [2.75, 3.05) is 4.90 Å². The summed E-state index contributed by atoms with van der Waals surface area (Å²) in [6.45, 7) is 4.99. The van der Waals surface area contributed by atoms with Gasteiger partial charge >= 0.3 is 0 Å². The monoisotopic (exact) mass is 629 g/mol. The molecule has 3 aliphatic rings. The Labute approximate surface area is 282 Å². The van der Waals surface area contributed by atoms with Gasteiger partial charge in [-0.1, -0.05) is 135 Å². The molecule has 0 aromatic heterocycles. The third-order valence-electron chi connectivity index (χ3n) is 11.0. The molecule has 2 aliphatic carbocycles. The van der Waals surface area contributed by atoms with E-state index in [9.17, 15) is 0 Å². The molecule has 4 atom stereocenters. The number of hydrogen-bond donors (Lipinski definition) is 0. The van der Waals surface area contributed by atoms with Crippen LogP contribution in [0.25, 0.3) is 11.1 Å². The van der Waals surface area contributed by atoms with E-state index in [1.807, 2.05) is 0 Å². The molecular weight excluding hydrogens is 587 g/mol. The summed E-state index contributed by atoms with van der Waals surface area (Å²) < 4.78 is 0. The molecule has 2 heteroatoms. The van der Waals surface area contributed by atoms with Crippen LogP contribution in [0.1, 0.15) is 44.2 Å². The molecule has 0 bridgehead atoms. The second kappa shape index (κ2) is 12.2. The normalized spacial score (nSPS) is 23.4. The highest BCUT2D eigenvalue weighted by atomic mass is 32.3. The lowest BCUT2D eigenvalue weighted by atomic mass is 9.65. The van der Waals surface area contributed by atoms with Crippen LogP contribution in [0.4, 0.5) is 11.4 Å². The molecule has 5 aromatic rings. The lowest BCUT2D eigenvalue weighted by Gasteiger charge is -2.45. The first-order chi connectivity index (χ1) is 23.1. The van der Waals surface area contributed by atoms with Gasteiger partial charge in [-0.15, -0.1) is 0 Å². The molecule has 0 radical (unpaired) electrons. The fourth-order valence-electron chi connectivity index (χ4n) is 8.23. The second-order valence-electron chi connectivity index (χ2n) is 13.5. The topological polar surface area (TPSA) is 3.24 Å². The van der Waals surface area contributed by atoms with Crippen molar-refractivity contribution in [1.82, 2.24) is 0 Å². The van der Waals surface area contributed by atoms with Crippen LogP contribution < -0.4 is 4.90 Å². The standard InChI is InChI=1S/C45H43NS/c1-34-16-15-25-44-45(34,2)42-32-41(30-31-43(42)46(44)38-19-9-4-10-20-38)47(39-21-11-5-12-22-39,40-23-13-6-14-24-40)33-35-26-28-37(29-27-35)36-17-7-3-8-18-36/h3-13,15,17-23,25-32,34,44H,14,16,24,33H2,1-2H3/t34?,44?,45-/m1/s1. The molecule has 8 rings (SSSR count). The quantitative estimate of drug-likeness (QED) is 0.162. The maximum atomic E-state index is 2.65. The summed E-state index contributed by atoms with van der Waals surface area (Å²) in [5.74, 6) is 1.52. The molecule has 47 heavy (non-hydrogen) atoms. The zero-order valence-electron chi connectivity index (χ0n) is 27.4. The molecule has 1 aliphatic heterocycles. The molecule has 234 valence electrons. The largest absolute Gasteiger partial charge is 0.333 e. The molecule has 1 nitrogen and oxygen atoms in total. The average molecular weight is 630 g/mol. The SMILES string of the molecule is CC1CC=CC2N(c3ccccc3)c3ccc(S(Cc4ccc(-c5ccccc5)cc4)(C4=CC=CCC4)c4ccccc4)cc3[C@@]12C. The van der Waals surface area contributed by atoms with Crippen molar-refractivity contribution in [3.05, 3.63) is 180 Å². The molecular formula is C45H43NS. The summed E-state index contributed by atoms with van der Waals surface area (Å²) in [4.78, 5) is 7.11. The Bertz CT molecular complexity index is 1960. The minimum atomic E-state index is -1.60. The zero-order valence-corrected chi connectivity index (χ0v) is 28.2. The van der Waals surface area contributed by atoms with Crippen LogP contribution in [0.3, 0.4) is 0 Å². The van der Waals surface area contributed by atoms with Gasteiger partial charge in [0.25, 0.3) is 0 Å². The molecule has 0 fully saturated rings. The Balaban J connectivity index is 1.33. The molecule has 5 aromatic carbocycles. The number of hydrogen-bond acceptors (Lipinski definition) is 1. The Morgan fingerprint density at radius 2 is 1.40 bits per heavy atom. The van der Waals surface area contributed by atoms with E-state index in [1.165, 1.54) is 43.4 Å². The molecule has 0 amide bonds. The predicted octanol–water partition coefficient (Wildman–Crippen LogP) is 12.4. The van der Waals surface area contributed by atoms with Crippen molar-refractivity contribution < 1.29 is 0 Å². The van der Waals surface area contributed by atoms with Crippen LogP contribution in [0, 0.1) is 5.92 Å². The number of allylic oxidation sites excluding steroid dienone is 5. The zero-order chi connectivity index (χ0) is 31.8. The first-order valence-corrected chi connectivity index (χ1v) is 18.9. The van der Waals surface area contributed by atoms with Crippen molar-refractivity contribution in [3.8, 4) is 11.1 Å². The fraction of sp³-hybridized carbons (Fsp3) is 0.200. The van der Waals surface area contributed by atoms with Crippen molar-refractivity contribution >= 4 is 21.4 Å². The number of nitrogens with zero attached hydrogens (tertiary/aromatic N) is 1.